The molecule has 0 aromatic rings. The Hall–Kier alpha value is -1.37. The largest absolute Gasteiger partial charge is 0.285 e. The predicted octanol–water partition coefficient (Wildman–Crippen LogP) is 2.29. The zero-order chi connectivity index (χ0) is 8.23. The van der Waals surface area contributed by atoms with Crippen LogP contribution in [0.15, 0.2) is 53.6 Å². The predicted molar refractivity (Wildman–Crippen MR) is 52.3 cm³/mol. The second kappa shape index (κ2) is 3.35. The minimum absolute atomic E-state index is 0.271. The summed E-state index contributed by atoms with van der Waals surface area (Å²) in [7, 11) is 0. The van der Waals surface area contributed by atoms with Crippen LogP contribution in [0.5, 0.6) is 0 Å². The maximum Gasteiger partial charge on any atom is 0.0863 e. The topological polar surface area (TPSA) is 12.4 Å². The van der Waals surface area contributed by atoms with E-state index in [0.29, 0.717) is 5.92 Å². The third-order valence-corrected chi connectivity index (χ3v) is 1.94. The van der Waals surface area contributed by atoms with Gasteiger partial charge in [0.2, 0.25) is 0 Å². The number of allylic oxidation sites excluding steroid dienone is 6. The van der Waals surface area contributed by atoms with E-state index in [2.05, 4.69) is 41.4 Å². The summed E-state index contributed by atoms with van der Waals surface area (Å²) in [4.78, 5) is 4.40. The molecule has 2 aliphatic carbocycles. The summed E-state index contributed by atoms with van der Waals surface area (Å²) in [6.07, 6.45) is 18.6. The van der Waals surface area contributed by atoms with Crippen LogP contribution in [-0.2, 0) is 0 Å². The summed E-state index contributed by atoms with van der Waals surface area (Å²) < 4.78 is 0. The van der Waals surface area contributed by atoms with Crippen molar-refractivity contribution in [2.75, 3.05) is 0 Å². The van der Waals surface area contributed by atoms with Gasteiger partial charge in [-0.2, -0.15) is 0 Å². The standard InChI is InChI=1S/C11H11N/c1-2-6-10(5-1)9-12-11-7-3-4-8-11/h1-11H. The fourth-order valence-electron chi connectivity index (χ4n) is 1.27. The Labute approximate surface area is 72.5 Å². The van der Waals surface area contributed by atoms with Gasteiger partial charge < -0.3 is 0 Å². The van der Waals surface area contributed by atoms with Gasteiger partial charge in [0.25, 0.3) is 0 Å². The minimum atomic E-state index is 0.271. The van der Waals surface area contributed by atoms with Crippen LogP contribution < -0.4 is 0 Å². The molecule has 0 saturated carbocycles. The highest BCUT2D eigenvalue weighted by Crippen LogP contribution is 2.08. The molecule has 0 radical (unpaired) electrons. The van der Waals surface area contributed by atoms with Crippen molar-refractivity contribution >= 4 is 6.21 Å². The molecule has 0 bridgehead atoms. The molecule has 60 valence electrons. The van der Waals surface area contributed by atoms with Gasteiger partial charge >= 0.3 is 0 Å². The second-order valence-corrected chi connectivity index (χ2v) is 2.91. The van der Waals surface area contributed by atoms with Crippen LogP contribution in [0.2, 0.25) is 0 Å². The molecular weight excluding hydrogens is 146 g/mol. The maximum absolute atomic E-state index is 4.40. The first-order valence-electron chi connectivity index (χ1n) is 4.18. The Kier molecular flexibility index (Phi) is 2.04. The highest BCUT2D eigenvalue weighted by Gasteiger charge is 2.01. The third-order valence-electron chi connectivity index (χ3n) is 1.94. The average Bonchev–Trinajstić information content (AvgIpc) is 2.74. The summed E-state index contributed by atoms with van der Waals surface area (Å²) in [6, 6.07) is 0.271. The molecule has 12 heavy (non-hydrogen) atoms. The second-order valence-electron chi connectivity index (χ2n) is 2.91. The van der Waals surface area contributed by atoms with Crippen LogP contribution in [0.25, 0.3) is 0 Å². The lowest BCUT2D eigenvalue weighted by Crippen LogP contribution is -1.96. The molecule has 0 heterocycles. The first-order chi connectivity index (χ1) is 5.95. The SMILES string of the molecule is C1=CC(C=NC2C=CC=C2)C=C1. The van der Waals surface area contributed by atoms with Gasteiger partial charge in [0.15, 0.2) is 0 Å². The Morgan fingerprint density at radius 2 is 1.42 bits per heavy atom. The average molecular weight is 157 g/mol. The molecule has 0 N–H and O–H groups in total. The highest BCUT2D eigenvalue weighted by molar-refractivity contribution is 5.68. The molecule has 0 amide bonds. The summed E-state index contributed by atoms with van der Waals surface area (Å²) in [5, 5.41) is 0. The number of hydrogen-bond donors (Lipinski definition) is 0. The molecule has 0 spiro atoms. The number of aliphatic imine (C=N–C) groups is 1. The van der Waals surface area contributed by atoms with E-state index in [1.807, 2.05) is 18.4 Å². The molecule has 0 atom stereocenters. The molecule has 1 heteroatoms. The van der Waals surface area contributed by atoms with E-state index in [0.717, 1.165) is 0 Å². The number of rotatable bonds is 2. The Morgan fingerprint density at radius 3 is 2.08 bits per heavy atom. The van der Waals surface area contributed by atoms with Crippen LogP contribution >= 0.6 is 0 Å². The molecular formula is C11H11N. The summed E-state index contributed by atoms with van der Waals surface area (Å²) >= 11 is 0. The van der Waals surface area contributed by atoms with Crippen molar-refractivity contribution in [1.29, 1.82) is 0 Å². The van der Waals surface area contributed by atoms with E-state index < -0.39 is 0 Å². The van der Waals surface area contributed by atoms with Gasteiger partial charge in [-0.3, -0.25) is 4.99 Å². The zero-order valence-corrected chi connectivity index (χ0v) is 6.80. The van der Waals surface area contributed by atoms with Gasteiger partial charge in [-0.25, -0.2) is 0 Å². The van der Waals surface area contributed by atoms with Gasteiger partial charge in [0, 0.05) is 12.1 Å². The lowest BCUT2D eigenvalue weighted by atomic mass is 10.2. The Balaban J connectivity index is 1.93. The zero-order valence-electron chi connectivity index (χ0n) is 6.80. The van der Waals surface area contributed by atoms with E-state index in [-0.39, 0.29) is 6.04 Å². The van der Waals surface area contributed by atoms with Crippen LogP contribution in [-0.4, -0.2) is 12.3 Å². The van der Waals surface area contributed by atoms with E-state index >= 15 is 0 Å². The monoisotopic (exact) mass is 157 g/mol. The van der Waals surface area contributed by atoms with Crippen LogP contribution in [0.4, 0.5) is 0 Å². The van der Waals surface area contributed by atoms with Crippen LogP contribution in [0.1, 0.15) is 0 Å². The smallest absolute Gasteiger partial charge is 0.0863 e. The molecule has 0 fully saturated rings. The molecule has 0 aromatic carbocycles. The molecule has 0 unspecified atom stereocenters. The minimum Gasteiger partial charge on any atom is -0.285 e. The fourth-order valence-corrected chi connectivity index (χ4v) is 1.27. The Morgan fingerprint density at radius 1 is 0.833 bits per heavy atom. The van der Waals surface area contributed by atoms with Gasteiger partial charge in [-0.05, 0) is 0 Å². The first kappa shape index (κ1) is 7.29. The van der Waals surface area contributed by atoms with Crippen molar-refractivity contribution in [3.8, 4) is 0 Å². The van der Waals surface area contributed by atoms with Gasteiger partial charge in [-0.15, -0.1) is 0 Å². The summed E-state index contributed by atoms with van der Waals surface area (Å²) in [6.45, 7) is 0. The molecule has 0 aliphatic heterocycles. The van der Waals surface area contributed by atoms with E-state index in [1.54, 1.807) is 0 Å². The lowest BCUT2D eigenvalue weighted by molar-refractivity contribution is 1.03. The van der Waals surface area contributed by atoms with Crippen molar-refractivity contribution in [3.05, 3.63) is 48.6 Å². The van der Waals surface area contributed by atoms with Gasteiger partial charge in [0.05, 0.1) is 6.04 Å². The van der Waals surface area contributed by atoms with Crippen molar-refractivity contribution < 1.29 is 0 Å². The first-order valence-corrected chi connectivity index (χ1v) is 4.18. The Bertz CT molecular complexity index is 238. The van der Waals surface area contributed by atoms with Crippen LogP contribution in [0.3, 0.4) is 0 Å². The molecule has 2 aliphatic rings. The van der Waals surface area contributed by atoms with E-state index in [9.17, 15) is 0 Å². The van der Waals surface area contributed by atoms with Crippen molar-refractivity contribution in [2.24, 2.45) is 10.9 Å². The fraction of sp³-hybridized carbons (Fsp3) is 0.182. The lowest BCUT2D eigenvalue weighted by Gasteiger charge is -1.98. The van der Waals surface area contributed by atoms with Crippen molar-refractivity contribution in [2.45, 2.75) is 6.04 Å². The number of hydrogen-bond acceptors (Lipinski definition) is 1. The molecule has 2 rings (SSSR count). The molecule has 0 saturated heterocycles. The van der Waals surface area contributed by atoms with E-state index in [4.69, 9.17) is 0 Å². The maximum atomic E-state index is 4.40. The van der Waals surface area contributed by atoms with Crippen molar-refractivity contribution in [3.63, 3.8) is 0 Å². The summed E-state index contributed by atoms with van der Waals surface area (Å²) in [5.41, 5.74) is 0. The quantitative estimate of drug-likeness (QED) is 0.545. The highest BCUT2D eigenvalue weighted by atomic mass is 14.8. The molecule has 0 aromatic heterocycles. The normalized spacial score (nSPS) is 22.3. The number of nitrogens with zero attached hydrogens (tertiary/aromatic N) is 1. The van der Waals surface area contributed by atoms with E-state index in [1.165, 1.54) is 0 Å². The third kappa shape index (κ3) is 1.62. The summed E-state index contributed by atoms with van der Waals surface area (Å²) in [5.74, 6) is 0.410. The van der Waals surface area contributed by atoms with Gasteiger partial charge in [0.1, 0.15) is 0 Å². The van der Waals surface area contributed by atoms with Crippen LogP contribution in [0, 0.1) is 5.92 Å². The van der Waals surface area contributed by atoms with Crippen molar-refractivity contribution in [1.82, 2.24) is 0 Å². The van der Waals surface area contributed by atoms with Gasteiger partial charge in [-0.1, -0.05) is 48.6 Å². The molecule has 1 nitrogen and oxygen atoms in total.